The van der Waals surface area contributed by atoms with E-state index >= 15 is 0 Å². The average molecular weight is 264 g/mol. The lowest BCUT2D eigenvalue weighted by atomic mass is 10.1. The van der Waals surface area contributed by atoms with E-state index in [1.54, 1.807) is 0 Å². The van der Waals surface area contributed by atoms with Crippen LogP contribution in [-0.4, -0.2) is 39.9 Å². The van der Waals surface area contributed by atoms with Crippen LogP contribution in [0.15, 0.2) is 12.3 Å². The Morgan fingerprint density at radius 2 is 2.26 bits per heavy atom. The molecule has 19 heavy (non-hydrogen) atoms. The van der Waals surface area contributed by atoms with E-state index in [2.05, 4.69) is 55.3 Å². The summed E-state index contributed by atoms with van der Waals surface area (Å²) < 4.78 is 2.05. The Morgan fingerprint density at radius 1 is 1.47 bits per heavy atom. The number of piperazine rings is 1. The van der Waals surface area contributed by atoms with Crippen molar-refractivity contribution in [3.8, 4) is 0 Å². The Labute approximate surface area is 117 Å². The van der Waals surface area contributed by atoms with Gasteiger partial charge < -0.3 is 5.32 Å². The first kappa shape index (κ1) is 14.5. The van der Waals surface area contributed by atoms with E-state index in [1.165, 1.54) is 18.5 Å². The van der Waals surface area contributed by atoms with Gasteiger partial charge in [-0.1, -0.05) is 13.3 Å². The molecule has 0 aliphatic carbocycles. The van der Waals surface area contributed by atoms with Crippen LogP contribution in [0.2, 0.25) is 0 Å². The first-order valence-electron chi connectivity index (χ1n) is 7.61. The predicted molar refractivity (Wildman–Crippen MR) is 79.2 cm³/mol. The van der Waals surface area contributed by atoms with Gasteiger partial charge in [0.1, 0.15) is 0 Å². The maximum atomic E-state index is 4.66. The summed E-state index contributed by atoms with van der Waals surface area (Å²) in [5, 5.41) is 8.31. The summed E-state index contributed by atoms with van der Waals surface area (Å²) in [6.07, 6.45) is 4.61. The molecular weight excluding hydrogens is 236 g/mol. The minimum absolute atomic E-state index is 0.446. The maximum absolute atomic E-state index is 4.66. The molecule has 0 aromatic carbocycles. The lowest BCUT2D eigenvalue weighted by molar-refractivity contribution is 0.127. The van der Waals surface area contributed by atoms with Gasteiger partial charge in [0.25, 0.3) is 0 Å². The second-order valence-corrected chi connectivity index (χ2v) is 6.05. The lowest BCUT2D eigenvalue weighted by Crippen LogP contribution is -2.54. The molecule has 0 amide bonds. The Hall–Kier alpha value is -0.870. The number of hydrogen-bond donors (Lipinski definition) is 1. The summed E-state index contributed by atoms with van der Waals surface area (Å²) in [5.41, 5.74) is 1.19. The SMILES string of the molecule is CCCC1CN(Cc2ccn(C(C)C)n2)C(C)CN1. The molecule has 0 bridgehead atoms. The summed E-state index contributed by atoms with van der Waals surface area (Å²) in [6.45, 7) is 12.1. The molecule has 2 atom stereocenters. The molecule has 2 heterocycles. The molecule has 0 saturated carbocycles. The van der Waals surface area contributed by atoms with E-state index in [0.29, 0.717) is 18.1 Å². The lowest BCUT2D eigenvalue weighted by Gasteiger charge is -2.38. The third kappa shape index (κ3) is 3.80. The van der Waals surface area contributed by atoms with Gasteiger partial charge in [0, 0.05) is 44.0 Å². The standard InChI is InChI=1S/C15H28N4/c1-5-6-14-10-18(13(4)9-16-14)11-15-7-8-19(17-15)12(2)3/h7-8,12-14,16H,5-6,9-11H2,1-4H3. The zero-order chi connectivity index (χ0) is 13.8. The highest BCUT2D eigenvalue weighted by molar-refractivity contribution is 5.01. The van der Waals surface area contributed by atoms with Crippen LogP contribution in [0.25, 0.3) is 0 Å². The third-order valence-electron chi connectivity index (χ3n) is 3.98. The average Bonchev–Trinajstić information content (AvgIpc) is 2.82. The van der Waals surface area contributed by atoms with Crippen LogP contribution in [0.3, 0.4) is 0 Å². The molecule has 1 saturated heterocycles. The zero-order valence-electron chi connectivity index (χ0n) is 12.8. The molecule has 1 aliphatic heterocycles. The molecule has 1 N–H and O–H groups in total. The Balaban J connectivity index is 1.95. The summed E-state index contributed by atoms with van der Waals surface area (Å²) in [7, 11) is 0. The number of nitrogens with one attached hydrogen (secondary N) is 1. The molecule has 1 aromatic heterocycles. The number of rotatable bonds is 5. The fraction of sp³-hybridized carbons (Fsp3) is 0.800. The maximum Gasteiger partial charge on any atom is 0.0765 e. The van der Waals surface area contributed by atoms with Crippen LogP contribution in [0.1, 0.15) is 52.3 Å². The minimum atomic E-state index is 0.446. The van der Waals surface area contributed by atoms with Crippen molar-refractivity contribution in [1.29, 1.82) is 0 Å². The second-order valence-electron chi connectivity index (χ2n) is 6.05. The molecule has 0 radical (unpaired) electrons. The second kappa shape index (κ2) is 6.53. The highest BCUT2D eigenvalue weighted by Crippen LogP contribution is 2.14. The highest BCUT2D eigenvalue weighted by Gasteiger charge is 2.24. The monoisotopic (exact) mass is 264 g/mol. The topological polar surface area (TPSA) is 33.1 Å². The number of hydrogen-bond acceptors (Lipinski definition) is 3. The Bertz CT molecular complexity index is 385. The molecule has 4 heteroatoms. The molecule has 1 aromatic rings. The van der Waals surface area contributed by atoms with Gasteiger partial charge in [0.15, 0.2) is 0 Å². The molecule has 108 valence electrons. The van der Waals surface area contributed by atoms with E-state index in [0.717, 1.165) is 19.6 Å². The quantitative estimate of drug-likeness (QED) is 0.886. The largest absolute Gasteiger partial charge is 0.311 e. The Morgan fingerprint density at radius 3 is 2.89 bits per heavy atom. The van der Waals surface area contributed by atoms with Crippen LogP contribution in [0, 0.1) is 0 Å². The van der Waals surface area contributed by atoms with Crippen molar-refractivity contribution in [2.75, 3.05) is 13.1 Å². The van der Waals surface area contributed by atoms with Crippen LogP contribution >= 0.6 is 0 Å². The van der Waals surface area contributed by atoms with Crippen molar-refractivity contribution in [2.24, 2.45) is 0 Å². The van der Waals surface area contributed by atoms with E-state index in [1.807, 2.05) is 4.68 Å². The molecule has 0 spiro atoms. The third-order valence-corrected chi connectivity index (χ3v) is 3.98. The van der Waals surface area contributed by atoms with E-state index in [4.69, 9.17) is 0 Å². The molecule has 1 fully saturated rings. The van der Waals surface area contributed by atoms with Crippen molar-refractivity contribution in [1.82, 2.24) is 20.0 Å². The van der Waals surface area contributed by atoms with Gasteiger partial charge in [0.2, 0.25) is 0 Å². The van der Waals surface area contributed by atoms with Gasteiger partial charge in [0.05, 0.1) is 5.69 Å². The molecule has 2 unspecified atom stereocenters. The van der Waals surface area contributed by atoms with Gasteiger partial charge in [-0.25, -0.2) is 0 Å². The summed E-state index contributed by atoms with van der Waals surface area (Å²) in [4.78, 5) is 2.56. The van der Waals surface area contributed by atoms with Crippen molar-refractivity contribution < 1.29 is 0 Å². The summed E-state index contributed by atoms with van der Waals surface area (Å²) >= 11 is 0. The summed E-state index contributed by atoms with van der Waals surface area (Å²) in [5.74, 6) is 0. The highest BCUT2D eigenvalue weighted by atomic mass is 15.3. The summed E-state index contributed by atoms with van der Waals surface area (Å²) in [6, 6.07) is 3.84. The van der Waals surface area contributed by atoms with E-state index in [9.17, 15) is 0 Å². The molecule has 2 rings (SSSR count). The van der Waals surface area contributed by atoms with Gasteiger partial charge in [-0.05, 0) is 33.3 Å². The van der Waals surface area contributed by atoms with Crippen LogP contribution in [0.4, 0.5) is 0 Å². The predicted octanol–water partition coefficient (Wildman–Crippen LogP) is 2.43. The van der Waals surface area contributed by atoms with E-state index < -0.39 is 0 Å². The fourth-order valence-corrected chi connectivity index (χ4v) is 2.71. The first-order valence-corrected chi connectivity index (χ1v) is 7.61. The fourth-order valence-electron chi connectivity index (χ4n) is 2.71. The van der Waals surface area contributed by atoms with Crippen molar-refractivity contribution in [3.05, 3.63) is 18.0 Å². The molecule has 1 aliphatic rings. The zero-order valence-corrected chi connectivity index (χ0v) is 12.8. The molecule has 4 nitrogen and oxygen atoms in total. The van der Waals surface area contributed by atoms with Crippen molar-refractivity contribution in [2.45, 2.75) is 65.2 Å². The first-order chi connectivity index (χ1) is 9.10. The van der Waals surface area contributed by atoms with Crippen LogP contribution in [0.5, 0.6) is 0 Å². The normalized spacial score (nSPS) is 25.1. The van der Waals surface area contributed by atoms with Gasteiger partial charge in [-0.15, -0.1) is 0 Å². The number of aromatic nitrogens is 2. The van der Waals surface area contributed by atoms with Gasteiger partial charge >= 0.3 is 0 Å². The van der Waals surface area contributed by atoms with Crippen molar-refractivity contribution >= 4 is 0 Å². The smallest absolute Gasteiger partial charge is 0.0765 e. The van der Waals surface area contributed by atoms with Gasteiger partial charge in [-0.3, -0.25) is 9.58 Å². The molecular formula is C15H28N4. The van der Waals surface area contributed by atoms with Crippen molar-refractivity contribution in [3.63, 3.8) is 0 Å². The van der Waals surface area contributed by atoms with E-state index in [-0.39, 0.29) is 0 Å². The minimum Gasteiger partial charge on any atom is -0.311 e. The van der Waals surface area contributed by atoms with Gasteiger partial charge in [-0.2, -0.15) is 5.10 Å². The van der Waals surface area contributed by atoms with Crippen LogP contribution in [-0.2, 0) is 6.54 Å². The number of nitrogens with zero attached hydrogens (tertiary/aromatic N) is 3. The van der Waals surface area contributed by atoms with Crippen LogP contribution < -0.4 is 5.32 Å². The Kier molecular flexibility index (Phi) is 4.99.